The molecular weight excluding hydrogens is 392 g/mol. The lowest BCUT2D eigenvalue weighted by Gasteiger charge is -2.18. The van der Waals surface area contributed by atoms with Gasteiger partial charge >= 0.3 is 0 Å². The van der Waals surface area contributed by atoms with Gasteiger partial charge in [-0.05, 0) is 47.4 Å². The fraction of sp³-hybridized carbons (Fsp3) is 0.208. The van der Waals surface area contributed by atoms with Crippen LogP contribution in [0.15, 0.2) is 60.7 Å². The number of hydrogen-bond acceptors (Lipinski definition) is 4. The molecule has 0 aliphatic rings. The van der Waals surface area contributed by atoms with Gasteiger partial charge in [0.1, 0.15) is 0 Å². The summed E-state index contributed by atoms with van der Waals surface area (Å²) in [5, 5.41) is 7.92. The molecule has 0 fully saturated rings. The molecule has 0 unspecified atom stereocenters. The van der Waals surface area contributed by atoms with Crippen LogP contribution in [-0.4, -0.2) is 17.7 Å². The van der Waals surface area contributed by atoms with E-state index in [1.54, 1.807) is 18.2 Å². The summed E-state index contributed by atoms with van der Waals surface area (Å²) < 4.78 is 0. The molecule has 31 heavy (non-hydrogen) atoms. The summed E-state index contributed by atoms with van der Waals surface area (Å²) in [6, 6.07) is 18.8. The molecule has 3 rings (SSSR count). The van der Waals surface area contributed by atoms with Crippen molar-refractivity contribution in [2.45, 2.75) is 32.7 Å². The van der Waals surface area contributed by atoms with Crippen molar-refractivity contribution in [1.29, 1.82) is 0 Å². The first-order valence-corrected chi connectivity index (χ1v) is 10.1. The van der Waals surface area contributed by atoms with E-state index in [4.69, 9.17) is 5.84 Å². The molecule has 0 radical (unpaired) electrons. The Hall–Kier alpha value is -3.71. The highest BCUT2D eigenvalue weighted by molar-refractivity contribution is 5.99. The summed E-state index contributed by atoms with van der Waals surface area (Å²) in [6.07, 6.45) is 0.490. The van der Waals surface area contributed by atoms with Crippen LogP contribution in [0.3, 0.4) is 0 Å². The van der Waals surface area contributed by atoms with Gasteiger partial charge in [-0.15, -0.1) is 0 Å². The summed E-state index contributed by atoms with van der Waals surface area (Å²) in [4.78, 5) is 36.2. The highest BCUT2D eigenvalue weighted by Gasteiger charge is 2.18. The van der Waals surface area contributed by atoms with Crippen molar-refractivity contribution >= 4 is 34.2 Å². The molecule has 7 heteroatoms. The second-order valence-corrected chi connectivity index (χ2v) is 7.38. The maximum Gasteiger partial charge on any atom is 0.252 e. The number of hydrazine groups is 1. The Labute approximate surface area is 181 Å². The van der Waals surface area contributed by atoms with E-state index >= 15 is 0 Å². The van der Waals surface area contributed by atoms with Crippen molar-refractivity contribution in [3.63, 3.8) is 0 Å². The number of carbonyl (C=O) groups is 3. The molecule has 0 spiro atoms. The Morgan fingerprint density at radius 3 is 2.48 bits per heavy atom. The minimum absolute atomic E-state index is 0.148. The zero-order valence-corrected chi connectivity index (χ0v) is 17.6. The average Bonchev–Trinajstić information content (AvgIpc) is 2.76. The van der Waals surface area contributed by atoms with Crippen LogP contribution in [0.5, 0.6) is 0 Å². The van der Waals surface area contributed by atoms with Crippen LogP contribution in [0.1, 0.15) is 47.8 Å². The van der Waals surface area contributed by atoms with E-state index in [1.807, 2.05) is 49.4 Å². The van der Waals surface area contributed by atoms with Crippen LogP contribution in [-0.2, 0) is 16.0 Å². The number of anilines is 1. The topological polar surface area (TPSA) is 113 Å². The Morgan fingerprint density at radius 1 is 1.00 bits per heavy atom. The number of nitrogens with one attached hydrogen (secondary N) is 3. The first-order valence-electron chi connectivity index (χ1n) is 10.1. The Morgan fingerprint density at radius 2 is 1.74 bits per heavy atom. The molecule has 7 nitrogen and oxygen atoms in total. The van der Waals surface area contributed by atoms with Crippen molar-refractivity contribution in [2.24, 2.45) is 5.84 Å². The van der Waals surface area contributed by atoms with Crippen LogP contribution in [0.4, 0.5) is 5.69 Å². The first-order chi connectivity index (χ1) is 14.9. The number of rotatable bonds is 7. The maximum atomic E-state index is 13.2. The van der Waals surface area contributed by atoms with Gasteiger partial charge in [0.25, 0.3) is 5.91 Å². The van der Waals surface area contributed by atoms with Crippen LogP contribution in [0, 0.1) is 0 Å². The van der Waals surface area contributed by atoms with Crippen LogP contribution in [0.2, 0.25) is 0 Å². The number of benzene rings is 3. The lowest BCUT2D eigenvalue weighted by Crippen LogP contribution is -2.31. The second kappa shape index (κ2) is 9.86. The van der Waals surface area contributed by atoms with Crippen molar-refractivity contribution in [1.82, 2.24) is 10.7 Å². The minimum atomic E-state index is -0.318. The largest absolute Gasteiger partial charge is 0.345 e. The monoisotopic (exact) mass is 418 g/mol. The Kier molecular flexibility index (Phi) is 6.99. The SMILES string of the molecule is CC(=O)Nc1ccc(CCC(=O)NN)c(C(=O)N[C@H](C)c2cccc3ccccc23)c1. The van der Waals surface area contributed by atoms with Gasteiger partial charge in [-0.1, -0.05) is 48.5 Å². The lowest BCUT2D eigenvalue weighted by atomic mass is 9.98. The Bertz CT molecular complexity index is 1120. The van der Waals surface area contributed by atoms with E-state index in [1.165, 1.54) is 6.92 Å². The molecule has 0 saturated heterocycles. The fourth-order valence-corrected chi connectivity index (χ4v) is 3.59. The quantitative estimate of drug-likeness (QED) is 0.268. The molecule has 0 aliphatic carbocycles. The average molecular weight is 418 g/mol. The third kappa shape index (κ3) is 5.46. The van der Waals surface area contributed by atoms with Gasteiger partial charge in [0.05, 0.1) is 6.04 Å². The van der Waals surface area contributed by atoms with Gasteiger partial charge in [0.2, 0.25) is 11.8 Å². The third-order valence-electron chi connectivity index (χ3n) is 5.09. The predicted octanol–water partition coefficient (Wildman–Crippen LogP) is 3.21. The molecule has 3 aromatic carbocycles. The van der Waals surface area contributed by atoms with Crippen molar-refractivity contribution in [2.75, 3.05) is 5.32 Å². The molecular formula is C24H26N4O3. The van der Waals surface area contributed by atoms with E-state index in [0.717, 1.165) is 16.3 Å². The molecule has 0 bridgehead atoms. The standard InChI is InChI=1S/C24H26N4O3/c1-15(20-9-5-7-17-6-3-4-8-21(17)20)26-24(31)22-14-19(27-16(2)29)12-10-18(22)11-13-23(30)28-25/h3-10,12,14-15H,11,13,25H2,1-2H3,(H,26,31)(H,27,29)(H,28,30)/t15-/m1/s1. The molecule has 0 aromatic heterocycles. The summed E-state index contributed by atoms with van der Waals surface area (Å²) in [5.41, 5.74) is 4.72. The van der Waals surface area contributed by atoms with E-state index in [9.17, 15) is 14.4 Å². The predicted molar refractivity (Wildman–Crippen MR) is 121 cm³/mol. The molecule has 0 saturated carbocycles. The highest BCUT2D eigenvalue weighted by atomic mass is 16.2. The molecule has 0 heterocycles. The van der Waals surface area contributed by atoms with E-state index in [2.05, 4.69) is 16.1 Å². The molecule has 0 aliphatic heterocycles. The molecule has 3 amide bonds. The van der Waals surface area contributed by atoms with Gasteiger partial charge in [-0.25, -0.2) is 5.84 Å². The van der Waals surface area contributed by atoms with Gasteiger partial charge < -0.3 is 10.6 Å². The minimum Gasteiger partial charge on any atom is -0.345 e. The third-order valence-corrected chi connectivity index (χ3v) is 5.09. The first kappa shape index (κ1) is 22.0. The van der Waals surface area contributed by atoms with Crippen LogP contribution >= 0.6 is 0 Å². The van der Waals surface area contributed by atoms with Gasteiger partial charge in [-0.2, -0.15) is 0 Å². The lowest BCUT2D eigenvalue weighted by molar-refractivity contribution is -0.121. The zero-order chi connectivity index (χ0) is 22.4. The van der Waals surface area contributed by atoms with E-state index in [-0.39, 0.29) is 30.2 Å². The number of nitrogens with two attached hydrogens (primary N) is 1. The summed E-state index contributed by atoms with van der Waals surface area (Å²) >= 11 is 0. The zero-order valence-electron chi connectivity index (χ0n) is 17.6. The maximum absolute atomic E-state index is 13.2. The molecule has 1 atom stereocenters. The van der Waals surface area contributed by atoms with E-state index in [0.29, 0.717) is 23.2 Å². The summed E-state index contributed by atoms with van der Waals surface area (Å²) in [7, 11) is 0. The Balaban J connectivity index is 1.88. The molecule has 5 N–H and O–H groups in total. The van der Waals surface area contributed by atoms with Crippen LogP contribution in [0.25, 0.3) is 10.8 Å². The number of amides is 3. The fourth-order valence-electron chi connectivity index (χ4n) is 3.59. The van der Waals surface area contributed by atoms with Gasteiger partial charge in [0, 0.05) is 24.6 Å². The van der Waals surface area contributed by atoms with Crippen LogP contribution < -0.4 is 21.9 Å². The number of hydrogen-bond donors (Lipinski definition) is 4. The second-order valence-electron chi connectivity index (χ2n) is 7.38. The molecule has 3 aromatic rings. The van der Waals surface area contributed by atoms with Gasteiger partial charge in [-0.3, -0.25) is 19.8 Å². The van der Waals surface area contributed by atoms with Crippen molar-refractivity contribution in [3.8, 4) is 0 Å². The van der Waals surface area contributed by atoms with E-state index < -0.39 is 0 Å². The summed E-state index contributed by atoms with van der Waals surface area (Å²) in [6.45, 7) is 3.33. The number of carbonyl (C=O) groups excluding carboxylic acids is 3. The normalized spacial score (nSPS) is 11.6. The van der Waals surface area contributed by atoms with Crippen molar-refractivity contribution in [3.05, 3.63) is 77.4 Å². The number of aryl methyl sites for hydroxylation is 1. The summed E-state index contributed by atoms with van der Waals surface area (Å²) in [5.74, 6) is 4.33. The smallest absolute Gasteiger partial charge is 0.252 e. The van der Waals surface area contributed by atoms with Crippen molar-refractivity contribution < 1.29 is 14.4 Å². The highest BCUT2D eigenvalue weighted by Crippen LogP contribution is 2.25. The number of fused-ring (bicyclic) bond motifs is 1. The van der Waals surface area contributed by atoms with Gasteiger partial charge in [0.15, 0.2) is 0 Å². The molecule has 160 valence electrons.